The molecule has 20 heavy (non-hydrogen) atoms. The van der Waals surface area contributed by atoms with Gasteiger partial charge in [-0.05, 0) is 32.6 Å². The molecule has 0 aromatic carbocycles. The van der Waals surface area contributed by atoms with E-state index >= 15 is 0 Å². The fourth-order valence-electron chi connectivity index (χ4n) is 2.54. The number of hydrogen-bond acceptors (Lipinski definition) is 3. The van der Waals surface area contributed by atoms with Crippen molar-refractivity contribution >= 4 is 5.78 Å². The maximum absolute atomic E-state index is 11.7. The van der Waals surface area contributed by atoms with E-state index in [0.29, 0.717) is 18.6 Å². The van der Waals surface area contributed by atoms with Crippen molar-refractivity contribution in [2.24, 2.45) is 5.92 Å². The highest BCUT2D eigenvalue weighted by atomic mass is 16.5. The van der Waals surface area contributed by atoms with Crippen LogP contribution in [0, 0.1) is 5.92 Å². The number of hydrogen-bond donors (Lipinski definition) is 1. The minimum Gasteiger partial charge on any atom is -0.389 e. The van der Waals surface area contributed by atoms with Crippen molar-refractivity contribution in [2.45, 2.75) is 64.6 Å². The first-order valence-electron chi connectivity index (χ1n) is 7.61. The molecule has 0 saturated heterocycles. The van der Waals surface area contributed by atoms with Crippen LogP contribution in [0.2, 0.25) is 0 Å². The van der Waals surface area contributed by atoms with Crippen molar-refractivity contribution in [1.82, 2.24) is 0 Å². The average Bonchev–Trinajstić information content (AvgIpc) is 2.43. The van der Waals surface area contributed by atoms with Gasteiger partial charge in [0.1, 0.15) is 11.9 Å². The van der Waals surface area contributed by atoms with Gasteiger partial charge < -0.3 is 9.84 Å². The smallest absolute Gasteiger partial charge is 0.133 e. The maximum Gasteiger partial charge on any atom is 0.133 e. The van der Waals surface area contributed by atoms with Gasteiger partial charge in [0, 0.05) is 25.9 Å². The molecule has 114 valence electrons. The maximum atomic E-state index is 11.7. The predicted octanol–water partition coefficient (Wildman–Crippen LogP) is 3.42. The molecule has 0 aromatic rings. The summed E-state index contributed by atoms with van der Waals surface area (Å²) in [6.45, 7) is 4.02. The Bertz CT molecular complexity index is 357. The number of ether oxygens (including phenoxy) is 1. The van der Waals surface area contributed by atoms with Crippen LogP contribution in [0.5, 0.6) is 0 Å². The average molecular weight is 280 g/mol. The van der Waals surface area contributed by atoms with Gasteiger partial charge in [-0.2, -0.15) is 0 Å². The molecule has 1 aliphatic rings. The molecule has 0 amide bonds. The van der Waals surface area contributed by atoms with Crippen LogP contribution in [0.3, 0.4) is 0 Å². The Labute approximate surface area is 122 Å². The molecule has 1 aliphatic carbocycles. The number of rotatable bonds is 1. The van der Waals surface area contributed by atoms with Crippen molar-refractivity contribution in [2.75, 3.05) is 7.11 Å². The summed E-state index contributed by atoms with van der Waals surface area (Å²) < 4.78 is 5.37. The third kappa shape index (κ3) is 6.02. The van der Waals surface area contributed by atoms with Gasteiger partial charge in [-0.3, -0.25) is 4.79 Å². The van der Waals surface area contributed by atoms with Crippen molar-refractivity contribution in [3.05, 3.63) is 23.8 Å². The van der Waals surface area contributed by atoms with Gasteiger partial charge in [-0.25, -0.2) is 0 Å². The molecule has 0 fully saturated rings. The van der Waals surface area contributed by atoms with Crippen LogP contribution in [0.1, 0.15) is 52.4 Å². The van der Waals surface area contributed by atoms with Gasteiger partial charge in [0.25, 0.3) is 0 Å². The topological polar surface area (TPSA) is 46.5 Å². The lowest BCUT2D eigenvalue weighted by Gasteiger charge is -2.23. The lowest BCUT2D eigenvalue weighted by Crippen LogP contribution is -2.31. The molecule has 1 N–H and O–H groups in total. The van der Waals surface area contributed by atoms with Crippen molar-refractivity contribution in [3.63, 3.8) is 0 Å². The molecular weight excluding hydrogens is 252 g/mol. The zero-order valence-corrected chi connectivity index (χ0v) is 13.0. The highest BCUT2D eigenvalue weighted by molar-refractivity contribution is 5.78. The van der Waals surface area contributed by atoms with Crippen molar-refractivity contribution in [1.29, 1.82) is 0 Å². The molecule has 3 nitrogen and oxygen atoms in total. The normalized spacial score (nSPS) is 34.9. The van der Waals surface area contributed by atoms with Crippen LogP contribution in [0.15, 0.2) is 23.8 Å². The zero-order chi connectivity index (χ0) is 15.0. The second-order valence-electron chi connectivity index (χ2n) is 5.78. The van der Waals surface area contributed by atoms with Gasteiger partial charge in [-0.1, -0.05) is 30.7 Å². The Morgan fingerprint density at radius 2 is 2.00 bits per heavy atom. The van der Waals surface area contributed by atoms with Crippen molar-refractivity contribution < 1.29 is 14.6 Å². The van der Waals surface area contributed by atoms with E-state index in [1.165, 1.54) is 5.57 Å². The Kier molecular flexibility index (Phi) is 7.78. The summed E-state index contributed by atoms with van der Waals surface area (Å²) in [6, 6.07) is 0. The third-order valence-corrected chi connectivity index (χ3v) is 3.90. The van der Waals surface area contributed by atoms with E-state index in [1.807, 2.05) is 19.9 Å². The number of aliphatic hydroxyl groups is 1. The van der Waals surface area contributed by atoms with E-state index in [0.717, 1.165) is 25.7 Å². The van der Waals surface area contributed by atoms with Gasteiger partial charge in [-0.15, -0.1) is 0 Å². The summed E-state index contributed by atoms with van der Waals surface area (Å²) in [4.78, 5) is 11.7. The first kappa shape index (κ1) is 17.1. The molecule has 1 unspecified atom stereocenters. The Hall–Kier alpha value is -0.930. The van der Waals surface area contributed by atoms with Crippen LogP contribution in [0.4, 0.5) is 0 Å². The standard InChI is InChI=1S/C17H28O3/c1-13-10-11-15(18)8-6-4-5-7-9-16(20-3)17(19)14(2)12-13/h7,9,12,14,16-17,19H,4-6,8,10-11H2,1-3H3/b9-7+,13-12-/t14-,16?,17+/m1/s1. The third-order valence-electron chi connectivity index (χ3n) is 3.90. The summed E-state index contributed by atoms with van der Waals surface area (Å²) in [6.07, 6.45) is 10.2. The molecule has 0 radical (unpaired) electrons. The molecule has 0 bridgehead atoms. The monoisotopic (exact) mass is 280 g/mol. The summed E-state index contributed by atoms with van der Waals surface area (Å²) in [5.74, 6) is 0.365. The van der Waals surface area contributed by atoms with Gasteiger partial charge in [0.15, 0.2) is 0 Å². The molecule has 3 heteroatoms. The molecule has 3 atom stereocenters. The second-order valence-corrected chi connectivity index (χ2v) is 5.78. The molecule has 0 aromatic heterocycles. The number of methoxy groups -OCH3 is 1. The molecule has 0 aliphatic heterocycles. The van der Waals surface area contributed by atoms with Gasteiger partial charge in [0.2, 0.25) is 0 Å². The quantitative estimate of drug-likeness (QED) is 0.749. The number of carbonyl (C=O) groups is 1. The second kappa shape index (κ2) is 9.09. The summed E-state index contributed by atoms with van der Waals surface area (Å²) in [5.41, 5.74) is 1.17. The van der Waals surface area contributed by atoms with E-state index in [1.54, 1.807) is 7.11 Å². The fourth-order valence-corrected chi connectivity index (χ4v) is 2.54. The summed E-state index contributed by atoms with van der Waals surface area (Å²) >= 11 is 0. The lowest BCUT2D eigenvalue weighted by molar-refractivity contribution is -0.119. The molecule has 0 saturated carbocycles. The number of Topliss-reactive ketones (excluding diaryl/α,β-unsaturated/α-hetero) is 1. The number of allylic oxidation sites excluding steroid dienone is 2. The molecule has 0 spiro atoms. The fraction of sp³-hybridized carbons (Fsp3) is 0.706. The highest BCUT2D eigenvalue weighted by Crippen LogP contribution is 2.18. The number of carbonyl (C=O) groups excluding carboxylic acids is 1. The SMILES string of the molecule is COC1/C=C/CCCCC(=O)CC/C(C)=C\[C@@H](C)[C@@H]1O. The summed E-state index contributed by atoms with van der Waals surface area (Å²) in [7, 11) is 1.63. The summed E-state index contributed by atoms with van der Waals surface area (Å²) in [5, 5.41) is 10.3. The van der Waals surface area contributed by atoms with E-state index < -0.39 is 6.10 Å². The van der Waals surface area contributed by atoms with Gasteiger partial charge >= 0.3 is 0 Å². The Morgan fingerprint density at radius 1 is 1.25 bits per heavy atom. The van der Waals surface area contributed by atoms with Crippen molar-refractivity contribution in [3.8, 4) is 0 Å². The first-order valence-corrected chi connectivity index (χ1v) is 7.61. The highest BCUT2D eigenvalue weighted by Gasteiger charge is 2.21. The number of aliphatic hydroxyl groups excluding tert-OH is 1. The van der Waals surface area contributed by atoms with E-state index in [9.17, 15) is 9.90 Å². The largest absolute Gasteiger partial charge is 0.389 e. The van der Waals surface area contributed by atoms with Crippen LogP contribution >= 0.6 is 0 Å². The molecular formula is C17H28O3. The number of ketones is 1. The van der Waals surface area contributed by atoms with Crippen LogP contribution in [-0.4, -0.2) is 30.2 Å². The van der Waals surface area contributed by atoms with E-state index in [-0.39, 0.29) is 12.0 Å². The van der Waals surface area contributed by atoms with E-state index in [2.05, 4.69) is 12.2 Å². The van der Waals surface area contributed by atoms with E-state index in [4.69, 9.17) is 4.74 Å². The first-order chi connectivity index (χ1) is 9.54. The Morgan fingerprint density at radius 3 is 2.70 bits per heavy atom. The Balaban J connectivity index is 2.78. The zero-order valence-electron chi connectivity index (χ0n) is 13.0. The van der Waals surface area contributed by atoms with Crippen LogP contribution in [0.25, 0.3) is 0 Å². The molecule has 1 rings (SSSR count). The van der Waals surface area contributed by atoms with Crippen LogP contribution < -0.4 is 0 Å². The predicted molar refractivity (Wildman–Crippen MR) is 81.6 cm³/mol. The van der Waals surface area contributed by atoms with Crippen LogP contribution in [-0.2, 0) is 9.53 Å². The molecule has 0 heterocycles. The minimum absolute atomic E-state index is 0.0163. The lowest BCUT2D eigenvalue weighted by atomic mass is 9.94. The van der Waals surface area contributed by atoms with Gasteiger partial charge in [0.05, 0.1) is 6.10 Å². The minimum atomic E-state index is -0.551.